The van der Waals surface area contributed by atoms with Crippen molar-refractivity contribution in [2.24, 2.45) is 0 Å². The number of benzene rings is 2. The standard InChI is InChI=1S/C23H22ClN3O4S/c1-27(2)10-11-30-19-9-5-8-17(21(19)29-3)25-23-26-18(13-32-23)15-12-14-6-4-7-16(24)20(14)31-22(15)28/h4-9,12-13H,10-11H2,1-3H3,(H,25,26). The van der Waals surface area contributed by atoms with E-state index in [9.17, 15) is 4.79 Å². The third-order valence-corrected chi connectivity index (χ3v) is 5.77. The number of thiazole rings is 1. The molecule has 0 saturated carbocycles. The molecule has 0 atom stereocenters. The van der Waals surface area contributed by atoms with Gasteiger partial charge in [-0.3, -0.25) is 0 Å². The first-order valence-electron chi connectivity index (χ1n) is 9.86. The minimum Gasteiger partial charge on any atom is -0.491 e. The van der Waals surface area contributed by atoms with E-state index in [0.29, 0.717) is 50.8 Å². The van der Waals surface area contributed by atoms with Crippen LogP contribution >= 0.6 is 22.9 Å². The monoisotopic (exact) mass is 471 g/mol. The van der Waals surface area contributed by atoms with E-state index >= 15 is 0 Å². The Morgan fingerprint density at radius 3 is 2.81 bits per heavy atom. The smallest absolute Gasteiger partial charge is 0.345 e. The number of para-hydroxylation sites is 2. The van der Waals surface area contributed by atoms with Crippen molar-refractivity contribution in [2.45, 2.75) is 0 Å². The van der Waals surface area contributed by atoms with Crippen LogP contribution in [0.15, 0.2) is 57.1 Å². The highest BCUT2D eigenvalue weighted by atomic mass is 35.5. The second-order valence-electron chi connectivity index (χ2n) is 7.26. The fourth-order valence-corrected chi connectivity index (χ4v) is 4.08. The average Bonchev–Trinajstić information content (AvgIpc) is 3.22. The van der Waals surface area contributed by atoms with Crippen LogP contribution in [-0.2, 0) is 0 Å². The molecule has 4 aromatic rings. The van der Waals surface area contributed by atoms with Crippen LogP contribution in [0.25, 0.3) is 22.2 Å². The number of hydrogen-bond donors (Lipinski definition) is 1. The fourth-order valence-electron chi connectivity index (χ4n) is 3.13. The highest BCUT2D eigenvalue weighted by Gasteiger charge is 2.15. The van der Waals surface area contributed by atoms with Gasteiger partial charge in [-0.25, -0.2) is 9.78 Å². The van der Waals surface area contributed by atoms with Crippen LogP contribution in [0.3, 0.4) is 0 Å². The molecule has 0 aliphatic rings. The summed E-state index contributed by atoms with van der Waals surface area (Å²) in [7, 11) is 5.57. The number of aromatic nitrogens is 1. The van der Waals surface area contributed by atoms with Gasteiger partial charge in [-0.1, -0.05) is 29.8 Å². The van der Waals surface area contributed by atoms with Crippen LogP contribution < -0.4 is 20.4 Å². The minimum absolute atomic E-state index is 0.368. The van der Waals surface area contributed by atoms with E-state index in [-0.39, 0.29) is 0 Å². The summed E-state index contributed by atoms with van der Waals surface area (Å²) in [4.78, 5) is 19.1. The second-order valence-corrected chi connectivity index (χ2v) is 8.52. The summed E-state index contributed by atoms with van der Waals surface area (Å²) in [5, 5.41) is 6.79. The van der Waals surface area contributed by atoms with Gasteiger partial charge in [0.05, 0.1) is 29.1 Å². The van der Waals surface area contributed by atoms with E-state index in [0.717, 1.165) is 11.9 Å². The van der Waals surface area contributed by atoms with Gasteiger partial charge in [0.25, 0.3) is 0 Å². The molecule has 7 nitrogen and oxygen atoms in total. The largest absolute Gasteiger partial charge is 0.491 e. The van der Waals surface area contributed by atoms with Crippen molar-refractivity contribution in [1.82, 2.24) is 9.88 Å². The number of hydrogen-bond acceptors (Lipinski definition) is 8. The van der Waals surface area contributed by atoms with Gasteiger partial charge in [0.1, 0.15) is 6.61 Å². The lowest BCUT2D eigenvalue weighted by atomic mass is 10.1. The molecule has 0 fully saturated rings. The molecule has 0 bridgehead atoms. The number of methoxy groups -OCH3 is 1. The van der Waals surface area contributed by atoms with Crippen LogP contribution in [0.2, 0.25) is 5.02 Å². The van der Waals surface area contributed by atoms with E-state index in [1.54, 1.807) is 24.6 Å². The van der Waals surface area contributed by atoms with Gasteiger partial charge in [0.2, 0.25) is 0 Å². The molecular weight excluding hydrogens is 450 g/mol. The SMILES string of the molecule is COc1c(Nc2nc(-c3cc4cccc(Cl)c4oc3=O)cs2)cccc1OCCN(C)C. The Morgan fingerprint density at radius 1 is 1.22 bits per heavy atom. The first kappa shape index (κ1) is 22.1. The number of fused-ring (bicyclic) bond motifs is 1. The van der Waals surface area contributed by atoms with Crippen molar-refractivity contribution >= 4 is 44.7 Å². The van der Waals surface area contributed by atoms with Crippen LogP contribution in [-0.4, -0.2) is 44.2 Å². The Balaban J connectivity index is 1.60. The Kier molecular flexibility index (Phi) is 6.64. The molecule has 2 aromatic carbocycles. The molecule has 0 aliphatic carbocycles. The van der Waals surface area contributed by atoms with Crippen LogP contribution in [0, 0.1) is 0 Å². The highest BCUT2D eigenvalue weighted by Crippen LogP contribution is 2.38. The average molecular weight is 472 g/mol. The van der Waals surface area contributed by atoms with E-state index in [1.165, 1.54) is 11.3 Å². The van der Waals surface area contributed by atoms with Crippen molar-refractivity contribution in [3.63, 3.8) is 0 Å². The molecule has 9 heteroatoms. The predicted octanol–water partition coefficient (Wildman–Crippen LogP) is 5.26. The Bertz CT molecular complexity index is 1300. The second kappa shape index (κ2) is 9.60. The predicted molar refractivity (Wildman–Crippen MR) is 129 cm³/mol. The maximum atomic E-state index is 12.5. The van der Waals surface area contributed by atoms with Gasteiger partial charge >= 0.3 is 5.63 Å². The number of nitrogens with one attached hydrogen (secondary N) is 1. The third kappa shape index (κ3) is 4.72. The minimum atomic E-state index is -0.490. The third-order valence-electron chi connectivity index (χ3n) is 4.71. The van der Waals surface area contributed by atoms with Gasteiger partial charge in [0, 0.05) is 17.3 Å². The van der Waals surface area contributed by atoms with E-state index in [4.69, 9.17) is 25.5 Å². The van der Waals surface area contributed by atoms with Gasteiger partial charge in [-0.2, -0.15) is 0 Å². The summed E-state index contributed by atoms with van der Waals surface area (Å²) in [6.45, 7) is 1.33. The lowest BCUT2D eigenvalue weighted by Crippen LogP contribution is -2.19. The number of nitrogens with zero attached hydrogens (tertiary/aromatic N) is 2. The summed E-state index contributed by atoms with van der Waals surface area (Å²) >= 11 is 7.50. The molecule has 166 valence electrons. The van der Waals surface area contributed by atoms with Gasteiger partial charge in [0.15, 0.2) is 22.2 Å². The van der Waals surface area contributed by atoms with E-state index < -0.39 is 5.63 Å². The molecule has 4 rings (SSSR count). The summed E-state index contributed by atoms with van der Waals surface area (Å²) < 4.78 is 16.9. The molecule has 0 spiro atoms. The first-order chi connectivity index (χ1) is 15.5. The van der Waals surface area contributed by atoms with Crippen molar-refractivity contribution in [3.05, 3.63) is 63.3 Å². The number of likely N-dealkylation sites (N-methyl/N-ethyl adjacent to an activating group) is 1. The topological polar surface area (TPSA) is 76.8 Å². The summed E-state index contributed by atoms with van der Waals surface area (Å²) in [6.07, 6.45) is 0. The molecule has 0 unspecified atom stereocenters. The van der Waals surface area contributed by atoms with E-state index in [1.807, 2.05) is 49.3 Å². The van der Waals surface area contributed by atoms with Crippen molar-refractivity contribution in [1.29, 1.82) is 0 Å². The molecule has 0 saturated heterocycles. The Hall–Kier alpha value is -3.07. The van der Waals surface area contributed by atoms with Crippen molar-refractivity contribution < 1.29 is 13.9 Å². The molecule has 1 N–H and O–H groups in total. The molecule has 2 heterocycles. The van der Waals surface area contributed by atoms with Crippen molar-refractivity contribution in [3.8, 4) is 22.8 Å². The number of ether oxygens (including phenoxy) is 2. The molecule has 32 heavy (non-hydrogen) atoms. The molecule has 0 amide bonds. The summed E-state index contributed by atoms with van der Waals surface area (Å²) in [5.41, 5.74) is 1.49. The summed E-state index contributed by atoms with van der Waals surface area (Å²) in [5.74, 6) is 1.23. The zero-order chi connectivity index (χ0) is 22.7. The number of anilines is 2. The number of halogens is 1. The summed E-state index contributed by atoms with van der Waals surface area (Å²) in [6, 6.07) is 12.7. The maximum absolute atomic E-state index is 12.5. The molecule has 2 aromatic heterocycles. The molecule has 0 radical (unpaired) electrons. The Morgan fingerprint density at radius 2 is 2.03 bits per heavy atom. The van der Waals surface area contributed by atoms with Gasteiger partial charge < -0.3 is 24.1 Å². The van der Waals surface area contributed by atoms with Crippen LogP contribution in [0.1, 0.15) is 0 Å². The first-order valence-corrected chi connectivity index (χ1v) is 11.1. The highest BCUT2D eigenvalue weighted by molar-refractivity contribution is 7.14. The van der Waals surface area contributed by atoms with E-state index in [2.05, 4.69) is 10.3 Å². The zero-order valence-electron chi connectivity index (χ0n) is 17.8. The van der Waals surface area contributed by atoms with Crippen LogP contribution in [0.4, 0.5) is 10.8 Å². The maximum Gasteiger partial charge on any atom is 0.345 e. The number of rotatable bonds is 8. The lowest BCUT2D eigenvalue weighted by molar-refractivity contribution is 0.251. The van der Waals surface area contributed by atoms with Gasteiger partial charge in [-0.15, -0.1) is 11.3 Å². The quantitative estimate of drug-likeness (QED) is 0.351. The molecular formula is C23H22ClN3O4S. The zero-order valence-corrected chi connectivity index (χ0v) is 19.4. The molecule has 0 aliphatic heterocycles. The Labute approximate surface area is 194 Å². The van der Waals surface area contributed by atoms with Crippen LogP contribution in [0.5, 0.6) is 11.5 Å². The van der Waals surface area contributed by atoms with Gasteiger partial charge in [-0.05, 0) is 38.4 Å². The lowest BCUT2D eigenvalue weighted by Gasteiger charge is -2.16. The fraction of sp³-hybridized carbons (Fsp3) is 0.217. The normalized spacial score (nSPS) is 11.2. The van der Waals surface area contributed by atoms with Crippen molar-refractivity contribution in [2.75, 3.05) is 39.7 Å².